The van der Waals surface area contributed by atoms with Crippen LogP contribution in [0.2, 0.25) is 5.02 Å². The number of fused-ring (bicyclic) bond motifs is 1. The van der Waals surface area contributed by atoms with Crippen molar-refractivity contribution in [2.24, 2.45) is 5.10 Å². The first-order valence-electron chi connectivity index (χ1n) is 9.81. The second kappa shape index (κ2) is 10.1. The van der Waals surface area contributed by atoms with Gasteiger partial charge < -0.3 is 15.4 Å². The highest BCUT2D eigenvalue weighted by atomic mass is 35.5. The quantitative estimate of drug-likeness (QED) is 0.288. The van der Waals surface area contributed by atoms with E-state index in [9.17, 15) is 9.59 Å². The Bertz CT molecular complexity index is 1240. The second-order valence-electron chi connectivity index (χ2n) is 6.88. The lowest BCUT2D eigenvalue weighted by Crippen LogP contribution is -2.45. The molecule has 0 unspecified atom stereocenters. The summed E-state index contributed by atoms with van der Waals surface area (Å²) in [6.07, 6.45) is 1.48. The molecule has 4 rings (SSSR count). The predicted molar refractivity (Wildman–Crippen MR) is 133 cm³/mol. The Morgan fingerprint density at radius 2 is 1.85 bits per heavy atom. The number of para-hydroxylation sites is 1. The number of urea groups is 1. The summed E-state index contributed by atoms with van der Waals surface area (Å²) in [5.41, 5.74) is 4.82. The van der Waals surface area contributed by atoms with E-state index in [1.54, 1.807) is 42.5 Å². The molecule has 1 aliphatic heterocycles. The normalized spacial score (nSPS) is 12.6. The van der Waals surface area contributed by atoms with Crippen LogP contribution in [0.4, 0.5) is 21.9 Å². The number of amides is 3. The van der Waals surface area contributed by atoms with Gasteiger partial charge in [-0.05, 0) is 54.2 Å². The van der Waals surface area contributed by atoms with Crippen molar-refractivity contribution in [2.45, 2.75) is 0 Å². The zero-order valence-electron chi connectivity index (χ0n) is 17.1. The van der Waals surface area contributed by atoms with E-state index in [0.717, 1.165) is 11.3 Å². The average Bonchev–Trinajstić information content (AvgIpc) is 2.80. The second-order valence-corrected chi connectivity index (χ2v) is 7.70. The summed E-state index contributed by atoms with van der Waals surface area (Å²) in [6, 6.07) is 20.7. The van der Waals surface area contributed by atoms with Gasteiger partial charge in [0.2, 0.25) is 0 Å². The number of nitrogens with one attached hydrogen (secondary N) is 3. The number of hydrazone groups is 1. The number of benzene rings is 3. The number of nitrogens with zero attached hydrogens (tertiary/aromatic N) is 2. The van der Waals surface area contributed by atoms with Crippen molar-refractivity contribution in [3.63, 3.8) is 0 Å². The van der Waals surface area contributed by atoms with Crippen LogP contribution in [0.25, 0.3) is 0 Å². The lowest BCUT2D eigenvalue weighted by Gasteiger charge is -2.30. The molecule has 33 heavy (non-hydrogen) atoms. The molecule has 3 aromatic rings. The Labute approximate surface area is 200 Å². The third-order valence-corrected chi connectivity index (χ3v) is 5.04. The summed E-state index contributed by atoms with van der Waals surface area (Å²) in [5.74, 6) is 0.108. The molecule has 0 atom stereocenters. The van der Waals surface area contributed by atoms with E-state index < -0.39 is 6.03 Å². The number of anilines is 3. The molecule has 166 valence electrons. The van der Waals surface area contributed by atoms with Crippen LogP contribution >= 0.6 is 23.8 Å². The zero-order valence-corrected chi connectivity index (χ0v) is 18.7. The number of halogens is 1. The summed E-state index contributed by atoms with van der Waals surface area (Å²) >= 11 is 11.4. The molecule has 8 nitrogen and oxygen atoms in total. The van der Waals surface area contributed by atoms with E-state index in [0.29, 0.717) is 22.1 Å². The van der Waals surface area contributed by atoms with Crippen molar-refractivity contribution in [3.05, 3.63) is 83.4 Å². The largest absolute Gasteiger partial charge is 0.481 e. The van der Waals surface area contributed by atoms with E-state index in [4.69, 9.17) is 28.6 Å². The van der Waals surface area contributed by atoms with Crippen molar-refractivity contribution in [1.82, 2.24) is 5.43 Å². The van der Waals surface area contributed by atoms with Gasteiger partial charge >= 0.3 is 6.03 Å². The van der Waals surface area contributed by atoms with Crippen LogP contribution in [0.1, 0.15) is 5.56 Å². The number of hydrogen-bond acceptors (Lipinski definition) is 5. The van der Waals surface area contributed by atoms with Crippen LogP contribution in [0, 0.1) is 0 Å². The first kappa shape index (κ1) is 22.3. The Morgan fingerprint density at radius 1 is 1.03 bits per heavy atom. The lowest BCUT2D eigenvalue weighted by atomic mass is 10.2. The van der Waals surface area contributed by atoms with Crippen LogP contribution in [0.15, 0.2) is 77.9 Å². The molecule has 0 spiro atoms. The molecule has 1 aliphatic rings. The van der Waals surface area contributed by atoms with E-state index in [2.05, 4.69) is 21.2 Å². The van der Waals surface area contributed by atoms with Gasteiger partial charge in [-0.3, -0.25) is 9.69 Å². The van der Waals surface area contributed by atoms with Crippen LogP contribution < -0.4 is 25.7 Å². The van der Waals surface area contributed by atoms with Crippen molar-refractivity contribution in [2.75, 3.05) is 22.1 Å². The standard InChI is InChI=1S/C23H18ClN5O3S/c24-16-6-4-5-15(11-16)13-25-28-22(31)26-18-9-10-19-20(12-18)32-14-21(30)29(19)23(33)27-17-7-2-1-3-8-17/h1-13H,14H2,(H,27,33)(H2,26,28,31)/b25-13+. The minimum Gasteiger partial charge on any atom is -0.481 e. The molecular weight excluding hydrogens is 462 g/mol. The fraction of sp³-hybridized carbons (Fsp3) is 0.0435. The van der Waals surface area contributed by atoms with Crippen molar-refractivity contribution in [3.8, 4) is 5.75 Å². The topological polar surface area (TPSA) is 95.1 Å². The maximum Gasteiger partial charge on any atom is 0.339 e. The summed E-state index contributed by atoms with van der Waals surface area (Å²) in [7, 11) is 0. The number of rotatable bonds is 4. The number of carbonyl (C=O) groups is 2. The summed E-state index contributed by atoms with van der Waals surface area (Å²) in [5, 5.41) is 10.4. The lowest BCUT2D eigenvalue weighted by molar-refractivity contribution is -0.120. The first-order chi connectivity index (χ1) is 16.0. The molecule has 0 radical (unpaired) electrons. The molecule has 3 amide bonds. The molecule has 3 N–H and O–H groups in total. The van der Waals surface area contributed by atoms with E-state index >= 15 is 0 Å². The van der Waals surface area contributed by atoms with Gasteiger partial charge in [-0.1, -0.05) is 41.9 Å². The fourth-order valence-corrected chi connectivity index (χ4v) is 3.58. The molecule has 1 heterocycles. The SMILES string of the molecule is O=C(N/N=C/c1cccc(Cl)c1)Nc1ccc2c(c1)OCC(=O)N2C(=S)Nc1ccccc1. The van der Waals surface area contributed by atoms with Crippen LogP contribution in [-0.2, 0) is 4.79 Å². The number of carbonyl (C=O) groups excluding carboxylic acids is 2. The fourth-order valence-electron chi connectivity index (χ4n) is 3.07. The van der Waals surface area contributed by atoms with Gasteiger partial charge in [0.25, 0.3) is 5.91 Å². The van der Waals surface area contributed by atoms with Gasteiger partial charge in [0.15, 0.2) is 11.7 Å². The minimum absolute atomic E-state index is 0.177. The average molecular weight is 480 g/mol. The van der Waals surface area contributed by atoms with Crippen molar-refractivity contribution < 1.29 is 14.3 Å². The van der Waals surface area contributed by atoms with Crippen molar-refractivity contribution >= 4 is 64.1 Å². The molecule has 0 saturated heterocycles. The highest BCUT2D eigenvalue weighted by Crippen LogP contribution is 2.35. The van der Waals surface area contributed by atoms with Crippen LogP contribution in [0.3, 0.4) is 0 Å². The smallest absolute Gasteiger partial charge is 0.339 e. The molecule has 0 aromatic heterocycles. The van der Waals surface area contributed by atoms with Crippen LogP contribution in [0.5, 0.6) is 5.75 Å². The molecule has 3 aromatic carbocycles. The Morgan fingerprint density at radius 3 is 2.64 bits per heavy atom. The molecular formula is C23H18ClN5O3S. The van der Waals surface area contributed by atoms with Gasteiger partial charge in [0.1, 0.15) is 5.75 Å². The minimum atomic E-state index is -0.543. The summed E-state index contributed by atoms with van der Waals surface area (Å²) in [6.45, 7) is -0.177. The van der Waals surface area contributed by atoms with E-state index in [-0.39, 0.29) is 17.6 Å². The molecule has 10 heteroatoms. The Hall–Kier alpha value is -3.95. The number of thiocarbonyl (C=S) groups is 1. The van der Waals surface area contributed by atoms with Gasteiger partial charge in [-0.25, -0.2) is 10.2 Å². The van der Waals surface area contributed by atoms with E-state index in [1.165, 1.54) is 11.1 Å². The number of hydrogen-bond donors (Lipinski definition) is 3. The Balaban J connectivity index is 1.42. The molecule has 0 fully saturated rings. The highest BCUT2D eigenvalue weighted by Gasteiger charge is 2.29. The van der Waals surface area contributed by atoms with Gasteiger partial charge in [0, 0.05) is 22.5 Å². The van der Waals surface area contributed by atoms with Gasteiger partial charge in [-0.2, -0.15) is 5.10 Å². The third-order valence-electron chi connectivity index (χ3n) is 4.52. The Kier molecular flexibility index (Phi) is 6.82. The van der Waals surface area contributed by atoms with E-state index in [1.807, 2.05) is 30.3 Å². The molecule has 0 bridgehead atoms. The zero-order chi connectivity index (χ0) is 23.2. The molecule has 0 aliphatic carbocycles. The third kappa shape index (κ3) is 5.65. The maximum atomic E-state index is 12.5. The first-order valence-corrected chi connectivity index (χ1v) is 10.6. The summed E-state index contributed by atoms with van der Waals surface area (Å²) < 4.78 is 5.55. The van der Waals surface area contributed by atoms with Gasteiger partial charge in [-0.15, -0.1) is 0 Å². The number of ether oxygens (including phenoxy) is 1. The highest BCUT2D eigenvalue weighted by molar-refractivity contribution is 7.80. The van der Waals surface area contributed by atoms with Crippen molar-refractivity contribution in [1.29, 1.82) is 0 Å². The monoisotopic (exact) mass is 479 g/mol. The summed E-state index contributed by atoms with van der Waals surface area (Å²) in [4.78, 5) is 26.0. The van der Waals surface area contributed by atoms with Gasteiger partial charge in [0.05, 0.1) is 11.9 Å². The molecule has 0 saturated carbocycles. The maximum absolute atomic E-state index is 12.5. The van der Waals surface area contributed by atoms with Crippen LogP contribution in [-0.4, -0.2) is 29.9 Å². The predicted octanol–water partition coefficient (Wildman–Crippen LogP) is 4.62.